The van der Waals surface area contributed by atoms with E-state index < -0.39 is 52.0 Å². The minimum Gasteiger partial charge on any atom is -1.00 e. The number of aromatic nitrogens is 12. The fraction of sp³-hybridized carbons (Fsp3) is 0.151. The van der Waals surface area contributed by atoms with Crippen molar-refractivity contribution >= 4 is 119 Å². The number of hydrogen-bond acceptors (Lipinski definition) is 18. The maximum Gasteiger partial charge on any atom is 1.00 e. The standard InChI is InChI=1S/C29H28N6O2Si.C26H20N6O2.C24H19ClN6O2.C5H10Si.CH2O3.CH4.2Cs.H/c1-19(32-28(36)25-26(30)33-34-16-9-15-31-27(25)34)23-18-21-11-8-10-20(14-17-38(2,3)4)24(21)29(37)35(23)22-12-6-5-7-13-22;1-3-17-9-7-10-18-15-20(32(26(34)21(17)18)19-11-5-4-6-12-19)16(2)29-25(33)22-23(27)30-31-14-8-13-28-24(22)31;1-14(28-23(32)20-21(26)29-30-12-6-11-27-22(20)30)18-13-15-7-5-10-17(25)19(15)24(33)31(18)16-8-3-2-4-9-16;1-5-6(2,3)4;2-1-4-3;;;;/h5-13,15-16,18-19H,1-4H3,(H2,30,33)(H,32,36);1,4-16H,2H3,(H2,27,30)(H,29,33);2-14H,1H3,(H2,26,29)(H,28,32);1H,2-4H3;1,3H;1H4;;;/q;;;;;;2*+1;-1/p-1/t19-;16-;14-;;;;;;/m000....../s1. The molecule has 3 atom stereocenters. The molecule has 0 aliphatic carbocycles. The summed E-state index contributed by atoms with van der Waals surface area (Å²) in [5.74, 6) is 4.79. The number of nitrogens with zero attached hydrogens (tertiary/aromatic N) is 12. The summed E-state index contributed by atoms with van der Waals surface area (Å²) in [5.41, 5.74) is 30.1. The molecule has 27 nitrogen and oxygen atoms in total. The zero-order chi connectivity index (χ0) is 82.6. The Bertz CT molecular complexity index is 6590. The number of terminal acetylenes is 2. The normalized spacial score (nSPS) is 11.5. The number of pyridine rings is 3. The van der Waals surface area contributed by atoms with Crippen LogP contribution in [0.4, 0.5) is 17.5 Å². The number of nitrogen functional groups attached to an aromatic ring is 3. The maximum atomic E-state index is 14.1. The first-order valence-electron chi connectivity index (χ1n) is 35.8. The van der Waals surface area contributed by atoms with Gasteiger partial charge in [-0.2, -0.15) is 0 Å². The number of nitrogens with two attached hydrogens (primary N) is 3. The summed E-state index contributed by atoms with van der Waals surface area (Å²) in [6.45, 7) is 18.2. The molecule has 9 heterocycles. The Kier molecular flexibility index (Phi) is 32.6. The molecule has 588 valence electrons. The summed E-state index contributed by atoms with van der Waals surface area (Å²) in [7, 11) is -2.76. The number of carbonyl (C=O) groups excluding carboxylic acids is 4. The quantitative estimate of drug-likeness (QED) is 0.0258. The van der Waals surface area contributed by atoms with E-state index in [0.717, 1.165) is 5.39 Å². The molecule has 6 aromatic carbocycles. The van der Waals surface area contributed by atoms with Gasteiger partial charge in [0.25, 0.3) is 40.9 Å². The predicted octanol–water partition coefficient (Wildman–Crippen LogP) is 5.87. The van der Waals surface area contributed by atoms with Crippen molar-refractivity contribution in [1.82, 2.24) is 73.4 Å². The van der Waals surface area contributed by atoms with Crippen LogP contribution in [0, 0.1) is 35.8 Å². The topological polar surface area (TPSA) is 371 Å². The number of anilines is 3. The fourth-order valence-corrected chi connectivity index (χ4v) is 13.2. The molecular formula is C86H83ClCs2N18O9Si2. The largest absolute Gasteiger partial charge is 1.00 e. The van der Waals surface area contributed by atoms with Crippen molar-refractivity contribution in [3.05, 3.63) is 300 Å². The van der Waals surface area contributed by atoms with E-state index in [9.17, 15) is 28.8 Å². The second-order valence-corrected chi connectivity index (χ2v) is 38.1. The number of fused-ring (bicyclic) bond motifs is 6. The molecule has 0 aliphatic heterocycles. The molecule has 0 unspecified atom stereocenters. The van der Waals surface area contributed by atoms with E-state index in [4.69, 9.17) is 51.7 Å². The Labute approximate surface area is 805 Å². The van der Waals surface area contributed by atoms with Gasteiger partial charge in [-0.05, 0) is 128 Å². The molecule has 32 heteroatoms. The molecule has 0 aliphatic rings. The zero-order valence-corrected chi connectivity index (χ0v) is 81.2. The fourth-order valence-electron chi connectivity index (χ4n) is 12.5. The van der Waals surface area contributed by atoms with Gasteiger partial charge in [0.15, 0.2) is 34.4 Å². The maximum absolute atomic E-state index is 14.1. The van der Waals surface area contributed by atoms with Gasteiger partial charge in [-0.3, -0.25) is 47.3 Å². The molecule has 0 saturated carbocycles. The van der Waals surface area contributed by atoms with Crippen LogP contribution in [0.25, 0.3) is 66.3 Å². The van der Waals surface area contributed by atoms with E-state index in [1.807, 2.05) is 153 Å². The summed E-state index contributed by atoms with van der Waals surface area (Å²) >= 11 is 6.37. The van der Waals surface area contributed by atoms with Gasteiger partial charge >= 0.3 is 138 Å². The van der Waals surface area contributed by atoms with Gasteiger partial charge in [-0.15, -0.1) is 39.2 Å². The van der Waals surface area contributed by atoms with Crippen LogP contribution < -0.4 is 193 Å². The monoisotopic (exact) mass is 1870 g/mol. The Morgan fingerprint density at radius 3 is 1.11 bits per heavy atom. The summed E-state index contributed by atoms with van der Waals surface area (Å²) in [6, 6.07) is 53.3. The molecule has 0 bridgehead atoms. The van der Waals surface area contributed by atoms with E-state index >= 15 is 0 Å². The van der Waals surface area contributed by atoms with E-state index in [1.54, 1.807) is 101 Å². The third kappa shape index (κ3) is 21.3. The summed E-state index contributed by atoms with van der Waals surface area (Å²) in [5, 5.41) is 33.7. The number of amides is 3. The van der Waals surface area contributed by atoms with Crippen LogP contribution in [0.3, 0.4) is 0 Å². The molecule has 3 amide bonds. The van der Waals surface area contributed by atoms with Crippen molar-refractivity contribution in [3.63, 3.8) is 0 Å². The first-order valence-corrected chi connectivity index (χ1v) is 43.2. The van der Waals surface area contributed by atoms with E-state index in [-0.39, 0.29) is 204 Å². The number of benzene rings is 6. The molecular weight excluding hydrogens is 1790 g/mol. The molecule has 15 aromatic rings. The summed E-state index contributed by atoms with van der Waals surface area (Å²) in [4.78, 5) is 105. The summed E-state index contributed by atoms with van der Waals surface area (Å²) in [6.07, 6.45) is 20.5. The van der Waals surface area contributed by atoms with Gasteiger partial charge in [0, 0.05) is 82.5 Å². The van der Waals surface area contributed by atoms with Crippen LogP contribution in [0.2, 0.25) is 44.3 Å². The number of halogens is 1. The second kappa shape index (κ2) is 41.3. The number of para-hydroxylation sites is 3. The molecule has 118 heavy (non-hydrogen) atoms. The predicted molar refractivity (Wildman–Crippen MR) is 459 cm³/mol. The van der Waals surface area contributed by atoms with E-state index in [1.165, 1.54) is 13.5 Å². The second-order valence-electron chi connectivity index (χ2n) is 28.1. The SMILES string of the molecule is C.C#C[Si](C)(C)C.C#Cc1cccc2cc([C@H](C)NC(=O)c3c(N)nn4cccnc34)n(-c3ccccc3)c(=O)c12.C[C@H](NC(=O)c1c(N)nn2cccnc12)c1cc2cccc(C#C[Si](C)(C)C)c2c(=O)n1-c1ccccc1.C[C@H](NC(=O)c1c(N)nn2cccnc12)c1cc2cccc(Cl)c2c(=O)n1-c1ccccc1.O=CO[O-].[Cs+].[Cs+].[H-]. The van der Waals surface area contributed by atoms with Crippen molar-refractivity contribution < 1.29 is 169 Å². The molecule has 0 fully saturated rings. The van der Waals surface area contributed by atoms with Crippen molar-refractivity contribution in [2.45, 2.75) is 85.6 Å². The van der Waals surface area contributed by atoms with Gasteiger partial charge in [0.2, 0.25) is 0 Å². The summed E-state index contributed by atoms with van der Waals surface area (Å²) < 4.78 is 9.15. The number of carbonyl (C=O) groups is 4. The smallest absolute Gasteiger partial charge is 1.00 e. The Hall–Kier alpha value is -10.4. The first-order chi connectivity index (χ1) is 55.1. The van der Waals surface area contributed by atoms with Crippen molar-refractivity contribution in [3.8, 4) is 52.8 Å². The van der Waals surface area contributed by atoms with Crippen LogP contribution in [-0.4, -0.2) is 97.8 Å². The van der Waals surface area contributed by atoms with Gasteiger partial charge < -0.3 is 44.7 Å². The Morgan fingerprint density at radius 1 is 0.492 bits per heavy atom. The molecule has 0 saturated heterocycles. The molecule has 15 rings (SSSR count). The van der Waals surface area contributed by atoms with Gasteiger partial charge in [0.05, 0.1) is 39.3 Å². The third-order valence-corrected chi connectivity index (χ3v) is 19.8. The molecule has 0 spiro atoms. The average Bonchev–Trinajstić information content (AvgIpc) is 1.71. The molecule has 9 aromatic heterocycles. The zero-order valence-electron chi connectivity index (χ0n) is 66.9. The first kappa shape index (κ1) is 93.1. The third-order valence-electron chi connectivity index (χ3n) is 17.7. The number of hydrogen-bond donors (Lipinski definition) is 6. The van der Waals surface area contributed by atoms with Crippen LogP contribution >= 0.6 is 11.6 Å². The Balaban J connectivity index is 0.000000229. The van der Waals surface area contributed by atoms with Crippen molar-refractivity contribution in [2.75, 3.05) is 17.2 Å². The average molecular weight is 1870 g/mol. The van der Waals surface area contributed by atoms with Crippen LogP contribution in [0.5, 0.6) is 0 Å². The van der Waals surface area contributed by atoms with E-state index in [0.29, 0.717) is 94.2 Å². The van der Waals surface area contributed by atoms with Crippen LogP contribution in [0.1, 0.15) is 107 Å². The minimum absolute atomic E-state index is 0. The Morgan fingerprint density at radius 2 is 0.797 bits per heavy atom. The molecule has 0 radical (unpaired) electrons. The number of nitrogens with one attached hydrogen (secondary N) is 3. The minimum atomic E-state index is -1.66. The van der Waals surface area contributed by atoms with Gasteiger partial charge in [-0.1, -0.05) is 161 Å². The van der Waals surface area contributed by atoms with Gasteiger partial charge in [0.1, 0.15) is 32.8 Å². The number of rotatable bonds is 13. The van der Waals surface area contributed by atoms with E-state index in [2.05, 4.69) is 113 Å². The van der Waals surface area contributed by atoms with Crippen LogP contribution in [0.15, 0.2) is 234 Å². The van der Waals surface area contributed by atoms with Gasteiger partial charge in [-0.25, -0.2) is 28.5 Å². The van der Waals surface area contributed by atoms with Crippen LogP contribution in [-0.2, 0) is 9.68 Å². The van der Waals surface area contributed by atoms with Crippen molar-refractivity contribution in [2.24, 2.45) is 0 Å². The van der Waals surface area contributed by atoms with Crippen molar-refractivity contribution in [1.29, 1.82) is 0 Å². The molecule has 9 N–H and O–H groups in total.